The number of anilines is 1. The monoisotopic (exact) mass is 419 g/mol. The number of nitrogens with zero attached hydrogens (tertiary/aromatic N) is 5. The minimum atomic E-state index is -0.194. The van der Waals surface area contributed by atoms with Crippen LogP contribution in [0, 0.1) is 5.92 Å². The summed E-state index contributed by atoms with van der Waals surface area (Å²) >= 11 is 0. The first kappa shape index (κ1) is 20.7. The number of nitrogens with two attached hydrogens (primary N) is 1. The smallest absolute Gasteiger partial charge is 0.255 e. The van der Waals surface area contributed by atoms with Crippen LogP contribution in [0.4, 0.5) is 5.69 Å². The first-order valence-electron chi connectivity index (χ1n) is 10.3. The van der Waals surface area contributed by atoms with Gasteiger partial charge in [-0.2, -0.15) is 0 Å². The van der Waals surface area contributed by atoms with Gasteiger partial charge in [0.25, 0.3) is 5.91 Å². The number of benzene rings is 2. The second kappa shape index (κ2) is 9.48. The molecule has 3 N–H and O–H groups in total. The third-order valence-electron chi connectivity index (χ3n) is 5.64. The molecular formula is C22H25N7O2. The van der Waals surface area contributed by atoms with Gasteiger partial charge < -0.3 is 16.0 Å². The third-order valence-corrected chi connectivity index (χ3v) is 5.64. The van der Waals surface area contributed by atoms with E-state index in [1.807, 2.05) is 30.3 Å². The summed E-state index contributed by atoms with van der Waals surface area (Å²) in [5.74, 6) is -0.355. The van der Waals surface area contributed by atoms with E-state index in [-0.39, 0.29) is 17.7 Å². The lowest BCUT2D eigenvalue weighted by Crippen LogP contribution is -2.39. The zero-order valence-corrected chi connectivity index (χ0v) is 17.1. The molecule has 9 nitrogen and oxygen atoms in total. The molecule has 9 heteroatoms. The summed E-state index contributed by atoms with van der Waals surface area (Å²) in [6.07, 6.45) is 4.09. The van der Waals surface area contributed by atoms with Gasteiger partial charge in [0.1, 0.15) is 6.33 Å². The van der Waals surface area contributed by atoms with Crippen LogP contribution in [0.1, 0.15) is 28.8 Å². The summed E-state index contributed by atoms with van der Waals surface area (Å²) < 4.78 is 1.50. The summed E-state index contributed by atoms with van der Waals surface area (Å²) in [5.41, 5.74) is 8.58. The highest BCUT2D eigenvalue weighted by molar-refractivity contribution is 6.04. The highest BCUT2D eigenvalue weighted by Crippen LogP contribution is 2.18. The number of carbonyl (C=O) groups is 2. The van der Waals surface area contributed by atoms with Crippen molar-refractivity contribution in [3.63, 3.8) is 0 Å². The molecule has 2 amide bonds. The van der Waals surface area contributed by atoms with Crippen molar-refractivity contribution >= 4 is 17.5 Å². The van der Waals surface area contributed by atoms with Crippen molar-refractivity contribution in [2.75, 3.05) is 25.0 Å². The first-order valence-corrected chi connectivity index (χ1v) is 10.3. The standard InChI is InChI=1S/C22H25N7O2/c23-21(30)17-9-12-28(13-10-17)11-8-16-4-6-19(7-5-16)25-22(31)18-2-1-3-20(14-18)29-15-24-26-27-29/h1-7,14-15,17H,8-13H2,(H2,23,30)(H,25,31). The molecule has 1 saturated heterocycles. The fraction of sp³-hybridized carbons (Fsp3) is 0.318. The van der Waals surface area contributed by atoms with E-state index >= 15 is 0 Å². The summed E-state index contributed by atoms with van der Waals surface area (Å²) in [6, 6.07) is 15.0. The quantitative estimate of drug-likeness (QED) is 0.601. The van der Waals surface area contributed by atoms with E-state index in [0.717, 1.165) is 44.6 Å². The van der Waals surface area contributed by atoms with Crippen LogP contribution in [-0.2, 0) is 11.2 Å². The van der Waals surface area contributed by atoms with Gasteiger partial charge in [-0.05, 0) is 78.7 Å². The molecule has 0 spiro atoms. The maximum atomic E-state index is 12.6. The Bertz CT molecular complexity index is 1030. The number of piperidine rings is 1. The average Bonchev–Trinajstić information content (AvgIpc) is 3.34. The fourth-order valence-corrected chi connectivity index (χ4v) is 3.76. The number of carbonyl (C=O) groups excluding carboxylic acids is 2. The second-order valence-corrected chi connectivity index (χ2v) is 7.72. The molecule has 4 rings (SSSR count). The zero-order chi connectivity index (χ0) is 21.6. The largest absolute Gasteiger partial charge is 0.369 e. The van der Waals surface area contributed by atoms with Crippen molar-refractivity contribution in [1.29, 1.82) is 0 Å². The number of hydrogen-bond donors (Lipinski definition) is 2. The first-order chi connectivity index (χ1) is 15.1. The lowest BCUT2D eigenvalue weighted by atomic mass is 9.96. The fourth-order valence-electron chi connectivity index (χ4n) is 3.76. The molecule has 0 radical (unpaired) electrons. The normalized spacial score (nSPS) is 15.0. The molecule has 1 aliphatic heterocycles. The number of tetrazole rings is 1. The van der Waals surface area contributed by atoms with E-state index in [1.54, 1.807) is 18.2 Å². The Morgan fingerprint density at radius 3 is 2.55 bits per heavy atom. The van der Waals surface area contributed by atoms with Crippen LogP contribution in [0.15, 0.2) is 54.9 Å². The number of aromatic nitrogens is 4. The summed E-state index contributed by atoms with van der Waals surface area (Å²) in [6.45, 7) is 2.76. The van der Waals surface area contributed by atoms with E-state index in [0.29, 0.717) is 11.3 Å². The number of likely N-dealkylation sites (tertiary alicyclic amines) is 1. The van der Waals surface area contributed by atoms with Gasteiger partial charge >= 0.3 is 0 Å². The highest BCUT2D eigenvalue weighted by Gasteiger charge is 2.22. The second-order valence-electron chi connectivity index (χ2n) is 7.72. The van der Waals surface area contributed by atoms with Crippen LogP contribution >= 0.6 is 0 Å². The number of nitrogens with one attached hydrogen (secondary N) is 1. The molecule has 0 saturated carbocycles. The van der Waals surface area contributed by atoms with Crippen LogP contribution in [0.25, 0.3) is 5.69 Å². The molecule has 31 heavy (non-hydrogen) atoms. The van der Waals surface area contributed by atoms with E-state index < -0.39 is 0 Å². The third kappa shape index (κ3) is 5.32. The summed E-state index contributed by atoms with van der Waals surface area (Å²) in [5, 5.41) is 14.0. The van der Waals surface area contributed by atoms with Crippen molar-refractivity contribution in [3.8, 4) is 5.69 Å². The van der Waals surface area contributed by atoms with Crippen molar-refractivity contribution in [2.24, 2.45) is 11.7 Å². The minimum Gasteiger partial charge on any atom is -0.369 e. The summed E-state index contributed by atoms with van der Waals surface area (Å²) in [4.78, 5) is 26.3. The minimum absolute atomic E-state index is 0.0210. The SMILES string of the molecule is NC(=O)C1CCN(CCc2ccc(NC(=O)c3cccc(-n4cnnn4)c3)cc2)CC1. The van der Waals surface area contributed by atoms with Gasteiger partial charge in [0.15, 0.2) is 0 Å². The Kier molecular flexibility index (Phi) is 6.32. The molecule has 1 aliphatic rings. The zero-order valence-electron chi connectivity index (χ0n) is 17.1. The average molecular weight is 419 g/mol. The van der Waals surface area contributed by atoms with Gasteiger partial charge in [0.2, 0.25) is 5.91 Å². The van der Waals surface area contributed by atoms with Crippen LogP contribution < -0.4 is 11.1 Å². The van der Waals surface area contributed by atoms with Gasteiger partial charge in [-0.15, -0.1) is 5.10 Å². The predicted molar refractivity (Wildman–Crippen MR) is 116 cm³/mol. The number of amides is 2. The Morgan fingerprint density at radius 1 is 1.10 bits per heavy atom. The molecule has 1 fully saturated rings. The van der Waals surface area contributed by atoms with E-state index in [2.05, 4.69) is 25.7 Å². The van der Waals surface area contributed by atoms with Crippen LogP contribution in [0.2, 0.25) is 0 Å². The van der Waals surface area contributed by atoms with Crippen LogP contribution in [0.3, 0.4) is 0 Å². The Morgan fingerprint density at radius 2 is 1.87 bits per heavy atom. The maximum absolute atomic E-state index is 12.6. The molecule has 2 aromatic carbocycles. The molecule has 0 bridgehead atoms. The van der Waals surface area contributed by atoms with Crippen molar-refractivity contribution in [3.05, 3.63) is 66.0 Å². The lowest BCUT2D eigenvalue weighted by molar-refractivity contribution is -0.123. The Balaban J connectivity index is 1.29. The van der Waals surface area contributed by atoms with Crippen LogP contribution in [-0.4, -0.2) is 56.6 Å². The molecule has 0 atom stereocenters. The maximum Gasteiger partial charge on any atom is 0.255 e. The van der Waals surface area contributed by atoms with E-state index in [4.69, 9.17) is 5.73 Å². The number of rotatable bonds is 7. The highest BCUT2D eigenvalue weighted by atomic mass is 16.2. The van der Waals surface area contributed by atoms with Gasteiger partial charge in [-0.3, -0.25) is 9.59 Å². The van der Waals surface area contributed by atoms with Crippen molar-refractivity contribution in [1.82, 2.24) is 25.1 Å². The molecule has 2 heterocycles. The molecule has 0 aliphatic carbocycles. The van der Waals surface area contributed by atoms with Crippen molar-refractivity contribution < 1.29 is 9.59 Å². The Hall–Kier alpha value is -3.59. The molecule has 1 aromatic heterocycles. The van der Waals surface area contributed by atoms with Gasteiger partial charge in [-0.1, -0.05) is 18.2 Å². The predicted octanol–water partition coefficient (Wildman–Crippen LogP) is 1.65. The number of hydrogen-bond acceptors (Lipinski definition) is 6. The van der Waals surface area contributed by atoms with Crippen LogP contribution in [0.5, 0.6) is 0 Å². The molecule has 160 valence electrons. The van der Waals surface area contributed by atoms with Gasteiger partial charge in [-0.25, -0.2) is 4.68 Å². The Labute approximate surface area is 180 Å². The topological polar surface area (TPSA) is 119 Å². The summed E-state index contributed by atoms with van der Waals surface area (Å²) in [7, 11) is 0. The molecular weight excluding hydrogens is 394 g/mol. The molecule has 3 aromatic rings. The van der Waals surface area contributed by atoms with Crippen molar-refractivity contribution in [2.45, 2.75) is 19.3 Å². The lowest BCUT2D eigenvalue weighted by Gasteiger charge is -2.30. The van der Waals surface area contributed by atoms with E-state index in [1.165, 1.54) is 16.6 Å². The molecule has 0 unspecified atom stereocenters. The van der Waals surface area contributed by atoms with Gasteiger partial charge in [0, 0.05) is 23.7 Å². The van der Waals surface area contributed by atoms with Gasteiger partial charge in [0.05, 0.1) is 5.69 Å². The number of primary amides is 1. The van der Waals surface area contributed by atoms with E-state index in [9.17, 15) is 9.59 Å².